The van der Waals surface area contributed by atoms with E-state index in [2.05, 4.69) is 4.74 Å². The normalized spacial score (nSPS) is 16.9. The van der Waals surface area contributed by atoms with Crippen LogP contribution >= 0.6 is 0 Å². The Hall–Kier alpha value is -2.83. The maximum absolute atomic E-state index is 12.7. The fraction of sp³-hybridized carbons (Fsp3) is 0.389. The van der Waals surface area contributed by atoms with E-state index >= 15 is 0 Å². The van der Waals surface area contributed by atoms with Gasteiger partial charge in [-0.15, -0.1) is 0 Å². The van der Waals surface area contributed by atoms with E-state index in [1.54, 1.807) is 36.4 Å². The van der Waals surface area contributed by atoms with Crippen LogP contribution in [0, 0.1) is 5.92 Å². The number of carbonyl (C=O) groups excluding carboxylic acids is 3. The van der Waals surface area contributed by atoms with Crippen LogP contribution in [0.5, 0.6) is 0 Å². The molecule has 0 spiro atoms. The first-order valence-electron chi connectivity index (χ1n) is 7.77. The largest absolute Gasteiger partial charge is 0.468 e. The Bertz CT molecular complexity index is 653. The number of rotatable bonds is 4. The smallest absolute Gasteiger partial charge is 0.413 e. The first kappa shape index (κ1) is 18.5. The van der Waals surface area contributed by atoms with Crippen LogP contribution in [0.1, 0.15) is 12.0 Å². The minimum Gasteiger partial charge on any atom is -0.468 e. The summed E-state index contributed by atoms with van der Waals surface area (Å²) in [5.74, 6) is -1.94. The van der Waals surface area contributed by atoms with Crippen LogP contribution in [0.2, 0.25) is 0 Å². The van der Waals surface area contributed by atoms with Gasteiger partial charge in [-0.05, 0) is 12.0 Å². The molecule has 7 nitrogen and oxygen atoms in total. The zero-order valence-corrected chi connectivity index (χ0v) is 14.4. The summed E-state index contributed by atoms with van der Waals surface area (Å²) in [6, 6.07) is 8.65. The van der Waals surface area contributed by atoms with Gasteiger partial charge in [-0.2, -0.15) is 0 Å². The van der Waals surface area contributed by atoms with Crippen molar-refractivity contribution in [2.24, 2.45) is 5.92 Å². The average Bonchev–Trinajstić information content (AvgIpc) is 2.68. The topological polar surface area (TPSA) is 82.1 Å². The number of ether oxygens (including phenoxy) is 3. The van der Waals surface area contributed by atoms with Crippen LogP contribution < -0.4 is 0 Å². The third kappa shape index (κ3) is 3.22. The number of carbonyl (C=O) groups is 3. The highest BCUT2D eigenvalue weighted by Crippen LogP contribution is 2.40. The summed E-state index contributed by atoms with van der Waals surface area (Å²) in [4.78, 5) is 38.5. The van der Waals surface area contributed by atoms with E-state index in [-0.39, 0.29) is 0 Å². The van der Waals surface area contributed by atoms with Crippen LogP contribution in [-0.4, -0.2) is 50.8 Å². The van der Waals surface area contributed by atoms with Crippen molar-refractivity contribution in [3.05, 3.63) is 48.2 Å². The average molecular weight is 347 g/mol. The number of allylic oxidation sites excluding steroid dienone is 1. The molecule has 1 atom stereocenters. The monoisotopic (exact) mass is 347 g/mol. The lowest BCUT2D eigenvalue weighted by Crippen LogP contribution is -2.52. The number of hydrogen-bond acceptors (Lipinski definition) is 6. The van der Waals surface area contributed by atoms with E-state index in [0.29, 0.717) is 18.5 Å². The summed E-state index contributed by atoms with van der Waals surface area (Å²) >= 11 is 0. The van der Waals surface area contributed by atoms with Crippen molar-refractivity contribution in [2.75, 3.05) is 27.9 Å². The predicted octanol–water partition coefficient (Wildman–Crippen LogP) is 1.87. The molecule has 1 unspecified atom stereocenters. The Balaban J connectivity index is 2.54. The number of benzene rings is 1. The predicted molar refractivity (Wildman–Crippen MR) is 88.5 cm³/mol. The van der Waals surface area contributed by atoms with E-state index < -0.39 is 29.4 Å². The molecule has 2 rings (SSSR count). The standard InChI is InChI=1S/C18H21NO6/c1-23-15(20)18(16(21)24-2,13-7-5-4-6-8-13)14-9-11-19(12-10-14)17(22)25-3/h4-9,11,14H,10,12H2,1-3H3. The Labute approximate surface area is 146 Å². The summed E-state index contributed by atoms with van der Waals surface area (Å²) in [5, 5.41) is 0. The Morgan fingerprint density at radius 2 is 1.60 bits per heavy atom. The molecule has 0 aliphatic carbocycles. The molecule has 1 amide bonds. The van der Waals surface area contributed by atoms with Gasteiger partial charge in [-0.25, -0.2) is 4.79 Å². The van der Waals surface area contributed by atoms with Crippen LogP contribution in [0.4, 0.5) is 4.79 Å². The molecule has 0 radical (unpaired) electrons. The van der Waals surface area contributed by atoms with Gasteiger partial charge in [-0.3, -0.25) is 14.5 Å². The number of methoxy groups -OCH3 is 3. The number of hydrogen-bond donors (Lipinski definition) is 0. The molecule has 0 fully saturated rings. The number of esters is 2. The lowest BCUT2D eigenvalue weighted by atomic mass is 9.68. The second kappa shape index (κ2) is 7.83. The molecule has 25 heavy (non-hydrogen) atoms. The zero-order valence-electron chi connectivity index (χ0n) is 14.4. The highest BCUT2D eigenvalue weighted by molar-refractivity contribution is 6.07. The molecule has 1 aromatic rings. The summed E-state index contributed by atoms with van der Waals surface area (Å²) in [7, 11) is 3.76. The van der Waals surface area contributed by atoms with Gasteiger partial charge >= 0.3 is 18.0 Å². The summed E-state index contributed by atoms with van der Waals surface area (Å²) in [6.07, 6.45) is 3.02. The quantitative estimate of drug-likeness (QED) is 0.470. The van der Waals surface area contributed by atoms with E-state index in [0.717, 1.165) is 0 Å². The van der Waals surface area contributed by atoms with Gasteiger partial charge in [0.05, 0.1) is 21.3 Å². The molecule has 0 saturated heterocycles. The summed E-state index contributed by atoms with van der Waals surface area (Å²) in [5.41, 5.74) is -1.15. The first-order valence-corrected chi connectivity index (χ1v) is 7.77. The SMILES string of the molecule is COC(=O)N1C=CC(C(C(=O)OC)(C(=O)OC)c2ccccc2)CC1. The highest BCUT2D eigenvalue weighted by atomic mass is 16.5. The van der Waals surface area contributed by atoms with Crippen molar-refractivity contribution < 1.29 is 28.6 Å². The second-order valence-electron chi connectivity index (χ2n) is 5.56. The van der Waals surface area contributed by atoms with Gasteiger partial charge < -0.3 is 14.2 Å². The molecular weight excluding hydrogens is 326 g/mol. The van der Waals surface area contributed by atoms with Crippen molar-refractivity contribution in [1.82, 2.24) is 4.90 Å². The highest BCUT2D eigenvalue weighted by Gasteiger charge is 2.55. The minimum atomic E-state index is -1.64. The van der Waals surface area contributed by atoms with E-state index in [1.165, 1.54) is 32.4 Å². The van der Waals surface area contributed by atoms with E-state index in [1.807, 2.05) is 0 Å². The summed E-state index contributed by atoms with van der Waals surface area (Å²) < 4.78 is 14.6. The molecule has 1 heterocycles. The van der Waals surface area contributed by atoms with Crippen molar-refractivity contribution >= 4 is 18.0 Å². The van der Waals surface area contributed by atoms with Crippen molar-refractivity contribution in [2.45, 2.75) is 11.8 Å². The molecule has 7 heteroatoms. The molecule has 0 aromatic heterocycles. The fourth-order valence-electron chi connectivity index (χ4n) is 3.15. The van der Waals surface area contributed by atoms with Gasteiger partial charge in [0.25, 0.3) is 0 Å². The van der Waals surface area contributed by atoms with Gasteiger partial charge in [-0.1, -0.05) is 36.4 Å². The lowest BCUT2D eigenvalue weighted by molar-refractivity contribution is -0.164. The van der Waals surface area contributed by atoms with Crippen LogP contribution in [-0.2, 0) is 29.2 Å². The molecular formula is C18H21NO6. The second-order valence-corrected chi connectivity index (χ2v) is 5.56. The lowest BCUT2D eigenvalue weighted by Gasteiger charge is -2.37. The molecule has 0 N–H and O–H groups in total. The van der Waals surface area contributed by atoms with Gasteiger partial charge in [0.1, 0.15) is 0 Å². The van der Waals surface area contributed by atoms with Crippen LogP contribution in [0.15, 0.2) is 42.6 Å². The first-order chi connectivity index (χ1) is 12.0. The maximum Gasteiger partial charge on any atom is 0.413 e. The van der Waals surface area contributed by atoms with Crippen molar-refractivity contribution in [3.8, 4) is 0 Å². The molecule has 134 valence electrons. The Morgan fingerprint density at radius 3 is 2.04 bits per heavy atom. The molecule has 1 aliphatic heterocycles. The molecule has 0 saturated carbocycles. The van der Waals surface area contributed by atoms with Crippen molar-refractivity contribution in [1.29, 1.82) is 0 Å². The minimum absolute atomic E-state index is 0.302. The fourth-order valence-corrected chi connectivity index (χ4v) is 3.15. The maximum atomic E-state index is 12.7. The van der Waals surface area contributed by atoms with Gasteiger partial charge in [0, 0.05) is 18.7 Å². The third-order valence-electron chi connectivity index (χ3n) is 4.39. The Morgan fingerprint density at radius 1 is 1.00 bits per heavy atom. The number of amides is 1. The summed E-state index contributed by atoms with van der Waals surface area (Å²) in [6.45, 7) is 0.302. The molecule has 1 aliphatic rings. The molecule has 0 bridgehead atoms. The Kier molecular flexibility index (Phi) is 5.80. The van der Waals surface area contributed by atoms with Gasteiger partial charge in [0.15, 0.2) is 5.41 Å². The van der Waals surface area contributed by atoms with Crippen LogP contribution in [0.25, 0.3) is 0 Å². The van der Waals surface area contributed by atoms with Crippen LogP contribution in [0.3, 0.4) is 0 Å². The van der Waals surface area contributed by atoms with Crippen molar-refractivity contribution in [3.63, 3.8) is 0 Å². The van der Waals surface area contributed by atoms with Gasteiger partial charge in [0.2, 0.25) is 0 Å². The molecule has 1 aromatic carbocycles. The zero-order chi connectivity index (χ0) is 18.4. The number of nitrogens with zero attached hydrogens (tertiary/aromatic N) is 1. The third-order valence-corrected chi connectivity index (χ3v) is 4.39. The van der Waals surface area contributed by atoms with E-state index in [9.17, 15) is 14.4 Å². The van der Waals surface area contributed by atoms with E-state index in [4.69, 9.17) is 9.47 Å².